The SMILES string of the molecule is c1cnc2c(c1)ccc1c(-c3ccc(-c4ccc5ccc(-c6ccc7ccc(-c8ncncn8)nc7c6)cc5n4)cc3)ccnc12.c1cnc2c(c1)ccc1ccc(-c3ccc(-c4ccc5ccc(-c6ccc7ccc(-c8ncncn8)nc7c6)cc5n4)cc3)nc12.c1cnc2c(c1)ccc1ccc(-c3ccc4cc(-c5ccc6ccc(-c7ccc8ccc(-c9cnccn9)nc8c7)cc6n5)ccc4c3)nc12. The van der Waals surface area contributed by atoms with Gasteiger partial charge in [0.15, 0.2) is 11.6 Å². The van der Waals surface area contributed by atoms with Crippen molar-refractivity contribution in [3.05, 3.63) is 439 Å². The molecular formula is C122H72N20. The third-order valence-electron chi connectivity index (χ3n) is 26.2. The van der Waals surface area contributed by atoms with E-state index in [0.29, 0.717) is 23.0 Å². The Hall–Kier alpha value is -19.9. The summed E-state index contributed by atoms with van der Waals surface area (Å²) in [5.41, 5.74) is 32.6. The zero-order valence-corrected chi connectivity index (χ0v) is 75.5. The normalized spacial score (nSPS) is 11.5. The molecule has 0 atom stereocenters. The summed E-state index contributed by atoms with van der Waals surface area (Å²) in [5, 5.41) is 15.3. The van der Waals surface area contributed by atoms with Crippen molar-refractivity contribution in [1.29, 1.82) is 0 Å². The lowest BCUT2D eigenvalue weighted by Gasteiger charge is -2.10. The number of hydrogen-bond donors (Lipinski definition) is 0. The van der Waals surface area contributed by atoms with Crippen molar-refractivity contribution in [3.8, 4) is 135 Å². The molecule has 0 spiro atoms. The van der Waals surface area contributed by atoms with Gasteiger partial charge >= 0.3 is 0 Å². The maximum atomic E-state index is 5.13. The largest absolute Gasteiger partial charge is 0.261 e. The average molecular weight is 1820 g/mol. The van der Waals surface area contributed by atoms with E-state index in [4.69, 9.17) is 39.9 Å². The predicted molar refractivity (Wildman–Crippen MR) is 568 cm³/mol. The van der Waals surface area contributed by atoms with Crippen LogP contribution < -0.4 is 0 Å². The van der Waals surface area contributed by atoms with Gasteiger partial charge in [0.2, 0.25) is 0 Å². The Morgan fingerprint density at radius 1 is 0.141 bits per heavy atom. The minimum absolute atomic E-state index is 0.553. The first-order valence-corrected chi connectivity index (χ1v) is 46.4. The van der Waals surface area contributed by atoms with Gasteiger partial charge in [-0.1, -0.05) is 249 Å². The van der Waals surface area contributed by atoms with Gasteiger partial charge in [0.1, 0.15) is 42.4 Å². The molecule has 0 fully saturated rings. The van der Waals surface area contributed by atoms with Crippen molar-refractivity contribution >= 4 is 142 Å². The maximum absolute atomic E-state index is 5.13. The Bertz CT molecular complexity index is 9860. The molecule has 28 rings (SSSR count). The number of hydrogen-bond acceptors (Lipinski definition) is 20. The van der Waals surface area contributed by atoms with Crippen molar-refractivity contribution in [2.45, 2.75) is 0 Å². The van der Waals surface area contributed by atoms with Gasteiger partial charge in [0.05, 0.1) is 107 Å². The van der Waals surface area contributed by atoms with Gasteiger partial charge < -0.3 is 0 Å². The summed E-state index contributed by atoms with van der Waals surface area (Å²) < 4.78 is 0. The van der Waals surface area contributed by atoms with Crippen molar-refractivity contribution in [2.75, 3.05) is 0 Å². The fourth-order valence-corrected chi connectivity index (χ4v) is 18.8. The predicted octanol–water partition coefficient (Wildman–Crippen LogP) is 28.0. The van der Waals surface area contributed by atoms with Crippen LogP contribution in [0.3, 0.4) is 0 Å². The van der Waals surface area contributed by atoms with E-state index in [2.05, 4.69) is 381 Å². The van der Waals surface area contributed by atoms with Crippen LogP contribution >= 0.6 is 0 Å². The van der Waals surface area contributed by atoms with E-state index >= 15 is 0 Å². The molecule has 0 aliphatic rings. The number of rotatable bonds is 12. The molecule has 142 heavy (non-hydrogen) atoms. The molecule has 0 saturated heterocycles. The fourth-order valence-electron chi connectivity index (χ4n) is 18.8. The van der Waals surface area contributed by atoms with Gasteiger partial charge in [-0.15, -0.1) is 0 Å². The monoisotopic (exact) mass is 1820 g/mol. The van der Waals surface area contributed by atoms with Crippen LogP contribution in [0.25, 0.3) is 277 Å². The van der Waals surface area contributed by atoms with E-state index in [1.54, 1.807) is 18.6 Å². The Kier molecular flexibility index (Phi) is 20.7. The van der Waals surface area contributed by atoms with Crippen LogP contribution in [0.2, 0.25) is 0 Å². The topological polar surface area (TPSA) is 258 Å². The number of nitrogens with zero attached hydrogens (tertiary/aromatic N) is 20. The molecule has 0 aliphatic carbocycles. The number of benzene rings is 13. The fraction of sp³-hybridized carbons (Fsp3) is 0. The van der Waals surface area contributed by atoms with Crippen LogP contribution in [0.4, 0.5) is 0 Å². The van der Waals surface area contributed by atoms with Crippen molar-refractivity contribution in [2.24, 2.45) is 0 Å². The molecular weight excluding hydrogens is 1750 g/mol. The Labute approximate surface area is 809 Å². The van der Waals surface area contributed by atoms with E-state index in [1.165, 1.54) is 25.3 Å². The lowest BCUT2D eigenvalue weighted by molar-refractivity contribution is 1.04. The molecule has 15 aromatic heterocycles. The van der Waals surface area contributed by atoms with E-state index < -0.39 is 0 Å². The first-order chi connectivity index (χ1) is 70.2. The van der Waals surface area contributed by atoms with Gasteiger partial charge in [-0.05, 0) is 177 Å². The summed E-state index contributed by atoms with van der Waals surface area (Å²) in [4.78, 5) is 91.8. The molecule has 0 bridgehead atoms. The summed E-state index contributed by atoms with van der Waals surface area (Å²) in [7, 11) is 0. The van der Waals surface area contributed by atoms with Crippen LogP contribution in [0.15, 0.2) is 439 Å². The summed E-state index contributed by atoms with van der Waals surface area (Å²) in [5.74, 6) is 1.11. The van der Waals surface area contributed by atoms with Crippen LogP contribution in [-0.4, -0.2) is 99.7 Å². The molecule has 0 unspecified atom stereocenters. The van der Waals surface area contributed by atoms with Crippen LogP contribution in [-0.2, 0) is 0 Å². The van der Waals surface area contributed by atoms with Gasteiger partial charge in [-0.3, -0.25) is 29.9 Å². The van der Waals surface area contributed by atoms with Gasteiger partial charge in [0, 0.05) is 130 Å². The molecule has 20 nitrogen and oxygen atoms in total. The second-order valence-electron chi connectivity index (χ2n) is 34.8. The Balaban J connectivity index is 0.000000109. The molecule has 15 heterocycles. The first kappa shape index (κ1) is 82.8. The van der Waals surface area contributed by atoms with E-state index in [1.807, 2.05) is 73.3 Å². The van der Waals surface area contributed by atoms with Gasteiger partial charge in [0.25, 0.3) is 0 Å². The Morgan fingerprint density at radius 3 is 0.817 bits per heavy atom. The smallest absolute Gasteiger partial charge is 0.181 e. The standard InChI is InChI=1S/C44H26N6.2C39H23N7/c1-2-29-5-6-30-15-17-38(50-44(30)43(29)47-19-1)36-12-10-31-22-35(11-9-32(31)23-36)37-16-13-27-3-7-33(24-40(27)48-37)34-8-4-28-14-18-39(49-41(28)25-34)42-26-45-20-21-46-42;1-2-28-9-10-29-15-17-33(46-38(29)37(28)41-19-1)25-5-3-24(4-6-25)32-16-13-26-7-11-30(20-35(26)44-32)31-12-8-27-14-18-34(45-36(27)21-31)39-42-22-40-23-43-39;1-2-28-11-14-32-31(17-19-42-38(32)37(28)41-18-1)24-3-5-25(6-4-24)33-15-12-26-7-9-29(20-35(26)45-33)30-10-8-27-13-16-34(46-36(27)21-30)39-43-22-40-23-44-39/h1-26H;2*1-23H. The quantitative estimate of drug-likeness (QED) is 0.103. The first-order valence-electron chi connectivity index (χ1n) is 46.4. The summed E-state index contributed by atoms with van der Waals surface area (Å²) in [6.07, 6.45) is 18.4. The molecule has 20 heteroatoms. The number of fused-ring (bicyclic) bond motifs is 16. The van der Waals surface area contributed by atoms with Crippen molar-refractivity contribution in [3.63, 3.8) is 0 Å². The zero-order valence-electron chi connectivity index (χ0n) is 75.5. The summed E-state index contributed by atoms with van der Waals surface area (Å²) in [6, 6.07) is 128. The van der Waals surface area contributed by atoms with E-state index in [0.717, 1.165) is 254 Å². The van der Waals surface area contributed by atoms with Crippen molar-refractivity contribution < 1.29 is 0 Å². The number of pyridine rings is 12. The van der Waals surface area contributed by atoms with Gasteiger partial charge in [-0.25, -0.2) is 69.8 Å². The maximum Gasteiger partial charge on any atom is 0.181 e. The van der Waals surface area contributed by atoms with Crippen LogP contribution in [0.1, 0.15) is 0 Å². The van der Waals surface area contributed by atoms with Crippen LogP contribution in [0.5, 0.6) is 0 Å². The molecule has 13 aromatic carbocycles. The molecule has 0 amide bonds. The Morgan fingerprint density at radius 2 is 0.423 bits per heavy atom. The number of aromatic nitrogens is 20. The third-order valence-corrected chi connectivity index (χ3v) is 26.2. The highest BCUT2D eigenvalue weighted by Crippen LogP contribution is 2.40. The third kappa shape index (κ3) is 16.0. The molecule has 0 aliphatic heterocycles. The summed E-state index contributed by atoms with van der Waals surface area (Å²) in [6.45, 7) is 0. The van der Waals surface area contributed by atoms with E-state index in [9.17, 15) is 0 Å². The van der Waals surface area contributed by atoms with Crippen molar-refractivity contribution in [1.82, 2.24) is 99.7 Å². The molecule has 28 aromatic rings. The van der Waals surface area contributed by atoms with Crippen LogP contribution in [0, 0.1) is 0 Å². The average Bonchev–Trinajstić information content (AvgIpc) is 0.775. The van der Waals surface area contributed by atoms with E-state index in [-0.39, 0.29) is 0 Å². The molecule has 0 N–H and O–H groups in total. The lowest BCUT2D eigenvalue weighted by atomic mass is 9.98. The molecule has 660 valence electrons. The van der Waals surface area contributed by atoms with Gasteiger partial charge in [-0.2, -0.15) is 0 Å². The highest BCUT2D eigenvalue weighted by Gasteiger charge is 2.19. The molecule has 0 saturated carbocycles. The summed E-state index contributed by atoms with van der Waals surface area (Å²) >= 11 is 0. The minimum atomic E-state index is 0.553. The lowest BCUT2D eigenvalue weighted by Crippen LogP contribution is -1.92. The second kappa shape index (κ2) is 35.4. The minimum Gasteiger partial charge on any atom is -0.261 e. The highest BCUT2D eigenvalue weighted by molar-refractivity contribution is 6.09. The highest BCUT2D eigenvalue weighted by atomic mass is 15.0. The second-order valence-corrected chi connectivity index (χ2v) is 34.8. The zero-order chi connectivity index (χ0) is 93.9. The molecule has 0 radical (unpaired) electrons.